The molecular formula is C19H19N5S. The van der Waals surface area contributed by atoms with Crippen molar-refractivity contribution in [1.29, 1.82) is 0 Å². The van der Waals surface area contributed by atoms with Crippen molar-refractivity contribution in [3.05, 3.63) is 60.3 Å². The van der Waals surface area contributed by atoms with E-state index in [0.29, 0.717) is 5.82 Å². The summed E-state index contributed by atoms with van der Waals surface area (Å²) < 4.78 is 1.16. The van der Waals surface area contributed by atoms with Gasteiger partial charge in [-0.2, -0.15) is 5.10 Å². The number of fused-ring (bicyclic) bond motifs is 1. The largest absolute Gasteiger partial charge is 0.385 e. The first-order chi connectivity index (χ1) is 12.3. The first kappa shape index (κ1) is 15.7. The predicted molar refractivity (Wildman–Crippen MR) is 105 cm³/mol. The van der Waals surface area contributed by atoms with Gasteiger partial charge in [0.1, 0.15) is 5.01 Å². The number of nitrogens with zero attached hydrogens (tertiary/aromatic N) is 2. The molecule has 4 N–H and O–H groups in total. The molecule has 2 aromatic carbocycles. The van der Waals surface area contributed by atoms with E-state index in [1.165, 1.54) is 0 Å². The number of nitrogens with one attached hydrogen (secondary N) is 2. The first-order valence-electron chi connectivity index (χ1n) is 8.29. The lowest BCUT2D eigenvalue weighted by molar-refractivity contribution is 0.828. The molecule has 25 heavy (non-hydrogen) atoms. The zero-order valence-corrected chi connectivity index (χ0v) is 14.5. The Balaban J connectivity index is 1.48. The predicted octanol–water partition coefficient (Wildman–Crippen LogP) is 4.31. The normalized spacial score (nSPS) is 11.0. The van der Waals surface area contributed by atoms with E-state index in [2.05, 4.69) is 33.7 Å². The summed E-state index contributed by atoms with van der Waals surface area (Å²) >= 11 is 1.65. The van der Waals surface area contributed by atoms with Crippen LogP contribution in [0.1, 0.15) is 12.1 Å². The fraction of sp³-hybridized carbons (Fsp3) is 0.158. The van der Waals surface area contributed by atoms with Crippen molar-refractivity contribution in [3.63, 3.8) is 0 Å². The molecule has 0 bridgehead atoms. The SMILES string of the molecule is Nc1n[nH]c(CCCNc2ccccc2)c1-c1nc2ccccc2s1. The number of para-hydroxylation sites is 2. The van der Waals surface area contributed by atoms with Crippen molar-refractivity contribution in [3.8, 4) is 10.6 Å². The maximum Gasteiger partial charge on any atom is 0.155 e. The topological polar surface area (TPSA) is 79.6 Å². The van der Waals surface area contributed by atoms with Gasteiger partial charge in [0.15, 0.2) is 5.82 Å². The van der Waals surface area contributed by atoms with Crippen molar-refractivity contribution >= 4 is 33.1 Å². The van der Waals surface area contributed by atoms with Gasteiger partial charge in [0.25, 0.3) is 0 Å². The zero-order valence-electron chi connectivity index (χ0n) is 13.7. The Bertz CT molecular complexity index is 941. The maximum absolute atomic E-state index is 6.10. The summed E-state index contributed by atoms with van der Waals surface area (Å²) in [5.74, 6) is 0.519. The number of aromatic amines is 1. The third-order valence-electron chi connectivity index (χ3n) is 4.08. The summed E-state index contributed by atoms with van der Waals surface area (Å²) in [7, 11) is 0. The van der Waals surface area contributed by atoms with Crippen LogP contribution in [0.15, 0.2) is 54.6 Å². The van der Waals surface area contributed by atoms with Crippen LogP contribution in [0.5, 0.6) is 0 Å². The van der Waals surface area contributed by atoms with Crippen molar-refractivity contribution in [2.24, 2.45) is 0 Å². The molecule has 0 aliphatic heterocycles. The molecule has 0 saturated carbocycles. The second-order valence-corrected chi connectivity index (χ2v) is 6.88. The highest BCUT2D eigenvalue weighted by Crippen LogP contribution is 2.35. The van der Waals surface area contributed by atoms with Crippen molar-refractivity contribution < 1.29 is 0 Å². The van der Waals surface area contributed by atoms with Crippen LogP contribution in [0, 0.1) is 0 Å². The number of rotatable bonds is 6. The lowest BCUT2D eigenvalue weighted by Crippen LogP contribution is -2.03. The first-order valence-corrected chi connectivity index (χ1v) is 9.10. The average molecular weight is 349 g/mol. The number of anilines is 2. The molecule has 0 aliphatic carbocycles. The molecule has 0 fully saturated rings. The molecule has 4 aromatic rings. The number of thiazole rings is 1. The van der Waals surface area contributed by atoms with Crippen molar-refractivity contribution in [1.82, 2.24) is 15.2 Å². The van der Waals surface area contributed by atoms with E-state index in [4.69, 9.17) is 10.7 Å². The van der Waals surface area contributed by atoms with Gasteiger partial charge < -0.3 is 11.1 Å². The van der Waals surface area contributed by atoms with Crippen LogP contribution in [0.4, 0.5) is 11.5 Å². The molecule has 4 rings (SSSR count). The van der Waals surface area contributed by atoms with Crippen LogP contribution in [-0.4, -0.2) is 21.7 Å². The second kappa shape index (κ2) is 6.94. The van der Waals surface area contributed by atoms with Crippen LogP contribution in [0.25, 0.3) is 20.8 Å². The Morgan fingerprint density at radius 1 is 1.04 bits per heavy atom. The lowest BCUT2D eigenvalue weighted by atomic mass is 10.1. The molecule has 5 nitrogen and oxygen atoms in total. The quantitative estimate of drug-likeness (QED) is 0.453. The minimum absolute atomic E-state index is 0.519. The molecule has 0 radical (unpaired) electrons. The van der Waals surface area contributed by atoms with Gasteiger partial charge in [0.2, 0.25) is 0 Å². The standard InChI is InChI=1S/C19H19N5S/c20-18-17(19-22-14-9-4-5-11-16(14)25-19)15(23-24-18)10-6-12-21-13-7-2-1-3-8-13/h1-5,7-9,11,21H,6,10,12H2,(H3,20,23,24). The second-order valence-electron chi connectivity index (χ2n) is 5.85. The Labute approximate surface area is 149 Å². The molecule has 2 heterocycles. The molecule has 6 heteroatoms. The molecule has 0 amide bonds. The molecule has 0 spiro atoms. The highest BCUT2D eigenvalue weighted by atomic mass is 32.1. The van der Waals surface area contributed by atoms with Gasteiger partial charge in [-0.1, -0.05) is 30.3 Å². The monoisotopic (exact) mass is 349 g/mol. The van der Waals surface area contributed by atoms with Gasteiger partial charge >= 0.3 is 0 Å². The molecule has 126 valence electrons. The maximum atomic E-state index is 6.10. The number of aryl methyl sites for hydroxylation is 1. The van der Waals surface area contributed by atoms with Gasteiger partial charge in [-0.25, -0.2) is 4.98 Å². The summed E-state index contributed by atoms with van der Waals surface area (Å²) in [5.41, 5.74) is 10.2. The molecule has 0 aliphatic rings. The smallest absolute Gasteiger partial charge is 0.155 e. The van der Waals surface area contributed by atoms with Crippen LogP contribution >= 0.6 is 11.3 Å². The Hall–Kier alpha value is -2.86. The molecule has 0 atom stereocenters. The van der Waals surface area contributed by atoms with E-state index in [0.717, 1.165) is 51.6 Å². The third kappa shape index (κ3) is 3.34. The molecule has 0 unspecified atom stereocenters. The summed E-state index contributed by atoms with van der Waals surface area (Å²) in [6.45, 7) is 0.891. The fourth-order valence-electron chi connectivity index (χ4n) is 2.85. The van der Waals surface area contributed by atoms with E-state index in [9.17, 15) is 0 Å². The number of H-pyrrole nitrogens is 1. The average Bonchev–Trinajstić information content (AvgIpc) is 3.22. The zero-order chi connectivity index (χ0) is 17.1. The number of aromatic nitrogens is 3. The molecule has 2 aromatic heterocycles. The van der Waals surface area contributed by atoms with E-state index in [-0.39, 0.29) is 0 Å². The lowest BCUT2D eigenvalue weighted by Gasteiger charge is -2.06. The summed E-state index contributed by atoms with van der Waals surface area (Å²) in [5, 5.41) is 11.6. The molecule has 0 saturated heterocycles. The Morgan fingerprint density at radius 2 is 1.84 bits per heavy atom. The minimum atomic E-state index is 0.519. The van der Waals surface area contributed by atoms with Gasteiger partial charge in [0, 0.05) is 17.9 Å². The van der Waals surface area contributed by atoms with Gasteiger partial charge in [-0.05, 0) is 37.1 Å². The van der Waals surface area contributed by atoms with E-state index < -0.39 is 0 Å². The van der Waals surface area contributed by atoms with Gasteiger partial charge in [0.05, 0.1) is 15.8 Å². The van der Waals surface area contributed by atoms with Crippen LogP contribution in [0.2, 0.25) is 0 Å². The number of nitrogens with two attached hydrogens (primary N) is 1. The summed E-state index contributed by atoms with van der Waals surface area (Å²) in [6, 6.07) is 18.3. The highest BCUT2D eigenvalue weighted by molar-refractivity contribution is 7.21. The van der Waals surface area contributed by atoms with E-state index >= 15 is 0 Å². The fourth-order valence-corrected chi connectivity index (χ4v) is 3.89. The molecular weight excluding hydrogens is 330 g/mol. The van der Waals surface area contributed by atoms with Crippen LogP contribution in [-0.2, 0) is 6.42 Å². The number of hydrogen-bond acceptors (Lipinski definition) is 5. The Kier molecular flexibility index (Phi) is 4.35. The van der Waals surface area contributed by atoms with Gasteiger partial charge in [-0.15, -0.1) is 11.3 Å². The van der Waals surface area contributed by atoms with Crippen molar-refractivity contribution in [2.75, 3.05) is 17.6 Å². The van der Waals surface area contributed by atoms with Crippen molar-refractivity contribution in [2.45, 2.75) is 12.8 Å². The Morgan fingerprint density at radius 3 is 2.68 bits per heavy atom. The minimum Gasteiger partial charge on any atom is -0.385 e. The van der Waals surface area contributed by atoms with Crippen LogP contribution in [0.3, 0.4) is 0 Å². The highest BCUT2D eigenvalue weighted by Gasteiger charge is 2.16. The van der Waals surface area contributed by atoms with E-state index in [1.54, 1.807) is 11.3 Å². The van der Waals surface area contributed by atoms with E-state index in [1.807, 2.05) is 36.4 Å². The number of hydrogen-bond donors (Lipinski definition) is 3. The third-order valence-corrected chi connectivity index (χ3v) is 5.14. The number of benzene rings is 2. The van der Waals surface area contributed by atoms with Crippen LogP contribution < -0.4 is 11.1 Å². The summed E-state index contributed by atoms with van der Waals surface area (Å²) in [4.78, 5) is 4.72. The number of nitrogen functional groups attached to an aromatic ring is 1. The summed E-state index contributed by atoms with van der Waals surface area (Å²) in [6.07, 6.45) is 1.85. The van der Waals surface area contributed by atoms with Gasteiger partial charge in [-0.3, -0.25) is 5.10 Å².